The first kappa shape index (κ1) is 12.9. The van der Waals surface area contributed by atoms with Crippen molar-refractivity contribution >= 4 is 5.97 Å². The largest absolute Gasteiger partial charge is 0.462 e. The Balaban J connectivity index is 1.88. The molecular formula is C14H24O3. The van der Waals surface area contributed by atoms with E-state index in [4.69, 9.17) is 9.47 Å². The highest BCUT2D eigenvalue weighted by Crippen LogP contribution is 2.32. The number of carbonyl (C=O) groups excluding carboxylic acids is 1. The molecule has 1 saturated heterocycles. The molecule has 2 aliphatic rings. The lowest BCUT2D eigenvalue weighted by molar-refractivity contribution is -0.155. The molecule has 0 N–H and O–H groups in total. The predicted molar refractivity (Wildman–Crippen MR) is 65.7 cm³/mol. The molecule has 2 rings (SSSR count). The molecule has 98 valence electrons. The summed E-state index contributed by atoms with van der Waals surface area (Å²) in [5.74, 6) is -0.0368. The van der Waals surface area contributed by atoms with Crippen LogP contribution in [0.25, 0.3) is 0 Å². The zero-order valence-corrected chi connectivity index (χ0v) is 11.0. The van der Waals surface area contributed by atoms with Crippen molar-refractivity contribution in [2.45, 2.75) is 77.1 Å². The predicted octanol–water partition coefficient (Wildman–Crippen LogP) is 3.07. The van der Waals surface area contributed by atoms with Gasteiger partial charge in [0.25, 0.3) is 0 Å². The van der Waals surface area contributed by atoms with Gasteiger partial charge in [-0.05, 0) is 44.9 Å². The second-order valence-electron chi connectivity index (χ2n) is 5.30. The lowest BCUT2D eigenvalue weighted by Gasteiger charge is -2.18. The molecule has 0 bridgehead atoms. The van der Waals surface area contributed by atoms with Crippen molar-refractivity contribution in [1.82, 2.24) is 0 Å². The van der Waals surface area contributed by atoms with E-state index in [2.05, 4.69) is 13.8 Å². The molecule has 3 heteroatoms. The van der Waals surface area contributed by atoms with Crippen LogP contribution in [-0.4, -0.2) is 24.3 Å². The van der Waals surface area contributed by atoms with Crippen LogP contribution in [0.2, 0.25) is 0 Å². The average Bonchev–Trinajstić information content (AvgIpc) is 2.96. The summed E-state index contributed by atoms with van der Waals surface area (Å²) in [6.07, 6.45) is 7.75. The Morgan fingerprint density at radius 1 is 1.24 bits per heavy atom. The van der Waals surface area contributed by atoms with E-state index in [1.165, 1.54) is 12.8 Å². The van der Waals surface area contributed by atoms with Crippen molar-refractivity contribution in [2.24, 2.45) is 5.92 Å². The Labute approximate surface area is 104 Å². The van der Waals surface area contributed by atoms with Gasteiger partial charge in [-0.3, -0.25) is 4.79 Å². The van der Waals surface area contributed by atoms with Gasteiger partial charge in [-0.2, -0.15) is 0 Å². The summed E-state index contributed by atoms with van der Waals surface area (Å²) in [5.41, 5.74) is 0. The van der Waals surface area contributed by atoms with E-state index in [0.717, 1.165) is 32.1 Å². The van der Waals surface area contributed by atoms with Crippen molar-refractivity contribution in [1.29, 1.82) is 0 Å². The van der Waals surface area contributed by atoms with Gasteiger partial charge in [0, 0.05) is 0 Å². The summed E-state index contributed by atoms with van der Waals surface area (Å²) >= 11 is 0. The SMILES string of the molecule is CCC1CC(C(=O)OC2CCCC2)C(CC)O1. The first-order chi connectivity index (χ1) is 8.24. The monoisotopic (exact) mass is 240 g/mol. The van der Waals surface area contributed by atoms with Crippen LogP contribution in [0.5, 0.6) is 0 Å². The fourth-order valence-corrected chi connectivity index (χ4v) is 2.98. The zero-order valence-electron chi connectivity index (χ0n) is 11.0. The number of hydrogen-bond acceptors (Lipinski definition) is 3. The van der Waals surface area contributed by atoms with Crippen LogP contribution >= 0.6 is 0 Å². The molecule has 3 unspecified atom stereocenters. The second-order valence-corrected chi connectivity index (χ2v) is 5.30. The molecule has 2 fully saturated rings. The van der Waals surface area contributed by atoms with Crippen LogP contribution in [0.1, 0.15) is 58.8 Å². The van der Waals surface area contributed by atoms with Gasteiger partial charge in [-0.25, -0.2) is 0 Å². The van der Waals surface area contributed by atoms with Crippen LogP contribution in [0.15, 0.2) is 0 Å². The fraction of sp³-hybridized carbons (Fsp3) is 0.929. The molecule has 0 aromatic carbocycles. The van der Waals surface area contributed by atoms with E-state index in [9.17, 15) is 4.79 Å². The number of carbonyl (C=O) groups is 1. The van der Waals surface area contributed by atoms with Gasteiger partial charge in [-0.1, -0.05) is 13.8 Å². The molecule has 17 heavy (non-hydrogen) atoms. The minimum Gasteiger partial charge on any atom is -0.462 e. The van der Waals surface area contributed by atoms with Crippen LogP contribution < -0.4 is 0 Å². The van der Waals surface area contributed by atoms with Gasteiger partial charge in [0.1, 0.15) is 6.10 Å². The number of esters is 1. The van der Waals surface area contributed by atoms with Gasteiger partial charge < -0.3 is 9.47 Å². The lowest BCUT2D eigenvalue weighted by Crippen LogP contribution is -2.28. The molecule has 0 radical (unpaired) electrons. The summed E-state index contributed by atoms with van der Waals surface area (Å²) in [5, 5.41) is 0. The molecule has 0 aromatic heterocycles. The van der Waals surface area contributed by atoms with E-state index < -0.39 is 0 Å². The van der Waals surface area contributed by atoms with Crippen molar-refractivity contribution in [3.8, 4) is 0 Å². The van der Waals surface area contributed by atoms with Crippen molar-refractivity contribution < 1.29 is 14.3 Å². The van der Waals surface area contributed by atoms with E-state index in [1.807, 2.05) is 0 Å². The summed E-state index contributed by atoms with van der Waals surface area (Å²) in [7, 11) is 0. The third-order valence-corrected chi connectivity index (χ3v) is 4.08. The minimum atomic E-state index is -0.0226. The molecule has 3 nitrogen and oxygen atoms in total. The van der Waals surface area contributed by atoms with Crippen LogP contribution in [0.4, 0.5) is 0 Å². The van der Waals surface area contributed by atoms with Gasteiger partial charge >= 0.3 is 5.97 Å². The third-order valence-electron chi connectivity index (χ3n) is 4.08. The normalized spacial score (nSPS) is 34.1. The van der Waals surface area contributed by atoms with E-state index in [-0.39, 0.29) is 30.2 Å². The second kappa shape index (κ2) is 5.85. The van der Waals surface area contributed by atoms with Gasteiger partial charge in [0.2, 0.25) is 0 Å². The van der Waals surface area contributed by atoms with Gasteiger partial charge in [-0.15, -0.1) is 0 Å². The highest BCUT2D eigenvalue weighted by atomic mass is 16.6. The number of rotatable bonds is 4. The fourth-order valence-electron chi connectivity index (χ4n) is 2.98. The first-order valence-electron chi connectivity index (χ1n) is 7.10. The van der Waals surface area contributed by atoms with Crippen molar-refractivity contribution in [3.63, 3.8) is 0 Å². The molecule has 1 heterocycles. The standard InChI is InChI=1S/C14H24O3/c1-3-10-9-12(13(4-2)16-10)14(15)17-11-7-5-6-8-11/h10-13H,3-9H2,1-2H3. The Bertz CT molecular complexity index is 258. The molecular weight excluding hydrogens is 216 g/mol. The molecule has 1 saturated carbocycles. The summed E-state index contributed by atoms with van der Waals surface area (Å²) in [6, 6.07) is 0. The Hall–Kier alpha value is -0.570. The average molecular weight is 240 g/mol. The number of ether oxygens (including phenoxy) is 2. The smallest absolute Gasteiger partial charge is 0.311 e. The maximum Gasteiger partial charge on any atom is 0.311 e. The number of hydrogen-bond donors (Lipinski definition) is 0. The molecule has 0 aromatic rings. The van der Waals surface area contributed by atoms with Crippen molar-refractivity contribution in [3.05, 3.63) is 0 Å². The van der Waals surface area contributed by atoms with E-state index in [0.29, 0.717) is 0 Å². The van der Waals surface area contributed by atoms with Crippen LogP contribution in [-0.2, 0) is 14.3 Å². The molecule has 1 aliphatic heterocycles. The maximum atomic E-state index is 12.1. The molecule has 0 spiro atoms. The van der Waals surface area contributed by atoms with Crippen molar-refractivity contribution in [2.75, 3.05) is 0 Å². The highest BCUT2D eigenvalue weighted by Gasteiger charge is 2.39. The quantitative estimate of drug-likeness (QED) is 0.708. The Morgan fingerprint density at radius 2 is 1.94 bits per heavy atom. The molecule has 0 amide bonds. The minimum absolute atomic E-state index is 0.0142. The summed E-state index contributed by atoms with van der Waals surface area (Å²) in [6.45, 7) is 4.20. The molecule has 1 aliphatic carbocycles. The molecule has 3 atom stereocenters. The van der Waals surface area contributed by atoms with Crippen LogP contribution in [0.3, 0.4) is 0 Å². The zero-order chi connectivity index (χ0) is 12.3. The summed E-state index contributed by atoms with van der Waals surface area (Å²) < 4.78 is 11.5. The maximum absolute atomic E-state index is 12.1. The lowest BCUT2D eigenvalue weighted by atomic mass is 9.97. The first-order valence-corrected chi connectivity index (χ1v) is 7.10. The van der Waals surface area contributed by atoms with E-state index >= 15 is 0 Å². The van der Waals surface area contributed by atoms with Gasteiger partial charge in [0.15, 0.2) is 0 Å². The van der Waals surface area contributed by atoms with Gasteiger partial charge in [0.05, 0.1) is 18.1 Å². The Morgan fingerprint density at radius 3 is 2.53 bits per heavy atom. The topological polar surface area (TPSA) is 35.5 Å². The highest BCUT2D eigenvalue weighted by molar-refractivity contribution is 5.73. The summed E-state index contributed by atoms with van der Waals surface area (Å²) in [4.78, 5) is 12.1. The van der Waals surface area contributed by atoms with Crippen LogP contribution in [0, 0.1) is 5.92 Å². The Kier molecular flexibility index (Phi) is 4.43. The van der Waals surface area contributed by atoms with E-state index in [1.54, 1.807) is 0 Å². The third kappa shape index (κ3) is 3.01.